The van der Waals surface area contributed by atoms with Gasteiger partial charge in [-0.25, -0.2) is 9.69 Å². The number of benzene rings is 2. The summed E-state index contributed by atoms with van der Waals surface area (Å²) < 4.78 is 11.1. The van der Waals surface area contributed by atoms with E-state index in [0.29, 0.717) is 41.0 Å². The van der Waals surface area contributed by atoms with Crippen molar-refractivity contribution in [2.24, 2.45) is 0 Å². The van der Waals surface area contributed by atoms with Crippen LogP contribution in [0.4, 0.5) is 10.5 Å². The third-order valence-corrected chi connectivity index (χ3v) is 4.81. The van der Waals surface area contributed by atoms with Crippen molar-refractivity contribution < 1.29 is 23.9 Å². The van der Waals surface area contributed by atoms with Gasteiger partial charge in [-0.3, -0.25) is 9.59 Å². The topological polar surface area (TPSA) is 97.0 Å². The summed E-state index contributed by atoms with van der Waals surface area (Å²) in [6.45, 7) is 5.99. The van der Waals surface area contributed by atoms with Crippen LogP contribution in [-0.2, 0) is 9.59 Å². The molecule has 0 aromatic heterocycles. The van der Waals surface area contributed by atoms with Crippen LogP contribution >= 0.6 is 11.6 Å². The van der Waals surface area contributed by atoms with Crippen LogP contribution in [0.2, 0.25) is 5.02 Å². The lowest BCUT2D eigenvalue weighted by Crippen LogP contribution is -2.38. The van der Waals surface area contributed by atoms with Gasteiger partial charge in [0.25, 0.3) is 5.91 Å². The van der Waals surface area contributed by atoms with Crippen molar-refractivity contribution >= 4 is 41.2 Å². The summed E-state index contributed by atoms with van der Waals surface area (Å²) in [5, 5.41) is 5.48. The Bertz CT molecular complexity index is 1070. The Kier molecular flexibility index (Phi) is 7.37. The predicted octanol–water partition coefficient (Wildman–Crippen LogP) is 3.98. The Morgan fingerprint density at radius 2 is 1.81 bits per heavy atom. The van der Waals surface area contributed by atoms with Crippen molar-refractivity contribution in [1.29, 1.82) is 0 Å². The number of hydrogen-bond acceptors (Lipinski definition) is 5. The van der Waals surface area contributed by atoms with Gasteiger partial charge in [-0.05, 0) is 56.7 Å². The van der Waals surface area contributed by atoms with E-state index < -0.39 is 24.4 Å². The van der Waals surface area contributed by atoms with Gasteiger partial charge in [0.1, 0.15) is 12.2 Å². The highest BCUT2D eigenvalue weighted by Crippen LogP contribution is 2.37. The second-order valence-electron chi connectivity index (χ2n) is 6.99. The highest BCUT2D eigenvalue weighted by atomic mass is 35.5. The third-order valence-electron chi connectivity index (χ3n) is 4.53. The fraction of sp³-hybridized carbons (Fsp3) is 0.261. The highest BCUT2D eigenvalue weighted by molar-refractivity contribution is 6.32. The molecular weight excluding hydrogens is 434 g/mol. The summed E-state index contributed by atoms with van der Waals surface area (Å²) >= 11 is 6.31. The number of imide groups is 1. The Morgan fingerprint density at radius 1 is 1.12 bits per heavy atom. The largest absolute Gasteiger partial charge is 0.490 e. The molecule has 2 aromatic carbocycles. The molecule has 0 spiro atoms. The fourth-order valence-corrected chi connectivity index (χ4v) is 3.36. The molecule has 9 heteroatoms. The van der Waals surface area contributed by atoms with Crippen molar-refractivity contribution in [1.82, 2.24) is 10.2 Å². The van der Waals surface area contributed by atoms with Gasteiger partial charge in [0.2, 0.25) is 5.91 Å². The van der Waals surface area contributed by atoms with Crippen molar-refractivity contribution in [3.05, 3.63) is 58.2 Å². The molecular formula is C23H24ClN3O5. The number of urea groups is 1. The first-order valence-electron chi connectivity index (χ1n) is 10.1. The number of nitrogens with zero attached hydrogens (tertiary/aromatic N) is 1. The SMILES string of the molecule is CCOc1cc(C=C2NC(=O)N(CC(=O)Nc3ccc(C)cc3)C2=O)cc(Cl)c1OCC. The lowest BCUT2D eigenvalue weighted by Gasteiger charge is -2.13. The Labute approximate surface area is 191 Å². The van der Waals surface area contributed by atoms with Crippen LogP contribution in [0.1, 0.15) is 25.0 Å². The minimum absolute atomic E-state index is 0.0285. The maximum Gasteiger partial charge on any atom is 0.329 e. The first-order chi connectivity index (χ1) is 15.3. The quantitative estimate of drug-likeness (QED) is 0.461. The monoisotopic (exact) mass is 457 g/mol. The molecule has 1 aliphatic heterocycles. The number of amides is 4. The van der Waals surface area contributed by atoms with E-state index in [-0.39, 0.29) is 5.70 Å². The molecule has 3 rings (SSSR count). The van der Waals surface area contributed by atoms with Crippen LogP contribution < -0.4 is 20.1 Å². The number of nitrogens with one attached hydrogen (secondary N) is 2. The molecule has 1 aliphatic rings. The maximum absolute atomic E-state index is 12.7. The van der Waals surface area contributed by atoms with Gasteiger partial charge in [0, 0.05) is 5.69 Å². The Morgan fingerprint density at radius 3 is 2.47 bits per heavy atom. The van der Waals surface area contributed by atoms with Gasteiger partial charge >= 0.3 is 6.03 Å². The number of carbonyl (C=O) groups is 3. The fourth-order valence-electron chi connectivity index (χ4n) is 3.08. The van der Waals surface area contributed by atoms with Gasteiger partial charge in [-0.2, -0.15) is 0 Å². The minimum Gasteiger partial charge on any atom is -0.490 e. The molecule has 168 valence electrons. The van der Waals surface area contributed by atoms with Crippen molar-refractivity contribution in [2.45, 2.75) is 20.8 Å². The van der Waals surface area contributed by atoms with E-state index in [1.165, 1.54) is 6.08 Å². The van der Waals surface area contributed by atoms with Crippen LogP contribution in [0.25, 0.3) is 6.08 Å². The second-order valence-corrected chi connectivity index (χ2v) is 7.40. The number of aryl methyl sites for hydroxylation is 1. The number of hydrogen-bond donors (Lipinski definition) is 2. The van der Waals surface area contributed by atoms with Crippen molar-refractivity contribution in [3.8, 4) is 11.5 Å². The van der Waals surface area contributed by atoms with E-state index in [0.717, 1.165) is 10.5 Å². The first-order valence-corrected chi connectivity index (χ1v) is 10.5. The molecule has 0 radical (unpaired) electrons. The van der Waals surface area contributed by atoms with Crippen LogP contribution in [0.15, 0.2) is 42.1 Å². The molecule has 32 heavy (non-hydrogen) atoms. The zero-order valence-electron chi connectivity index (χ0n) is 18.0. The molecule has 1 fully saturated rings. The van der Waals surface area contributed by atoms with Gasteiger partial charge in [0.15, 0.2) is 11.5 Å². The molecule has 0 saturated carbocycles. The number of halogens is 1. The average Bonchev–Trinajstić information content (AvgIpc) is 3.00. The maximum atomic E-state index is 12.7. The van der Waals surface area contributed by atoms with Crippen LogP contribution in [0.3, 0.4) is 0 Å². The number of rotatable bonds is 8. The predicted molar refractivity (Wildman–Crippen MR) is 122 cm³/mol. The smallest absolute Gasteiger partial charge is 0.329 e. The summed E-state index contributed by atoms with van der Waals surface area (Å²) in [6.07, 6.45) is 1.47. The standard InChI is InChI=1S/C23H24ClN3O5/c1-4-31-19-12-15(10-17(24)21(19)32-5-2)11-18-22(29)27(23(30)26-18)13-20(28)25-16-8-6-14(3)7-9-16/h6-12H,4-5,13H2,1-3H3,(H,25,28)(H,26,30). The Hall–Kier alpha value is -3.52. The number of carbonyl (C=O) groups excluding carboxylic acids is 3. The van der Waals surface area contributed by atoms with Gasteiger partial charge < -0.3 is 20.1 Å². The molecule has 2 N–H and O–H groups in total. The van der Waals surface area contributed by atoms with E-state index in [1.807, 2.05) is 32.9 Å². The molecule has 0 atom stereocenters. The van der Waals surface area contributed by atoms with E-state index in [2.05, 4.69) is 10.6 Å². The van der Waals surface area contributed by atoms with Crippen LogP contribution in [0, 0.1) is 6.92 Å². The minimum atomic E-state index is -0.678. The van der Waals surface area contributed by atoms with Gasteiger partial charge in [-0.15, -0.1) is 0 Å². The summed E-state index contributed by atoms with van der Waals surface area (Å²) in [7, 11) is 0. The molecule has 0 bridgehead atoms. The summed E-state index contributed by atoms with van der Waals surface area (Å²) in [6, 6.07) is 9.79. The zero-order valence-corrected chi connectivity index (χ0v) is 18.8. The molecule has 0 aliphatic carbocycles. The molecule has 1 saturated heterocycles. The lowest BCUT2D eigenvalue weighted by atomic mass is 10.1. The first kappa shape index (κ1) is 23.1. The van der Waals surface area contributed by atoms with E-state index in [4.69, 9.17) is 21.1 Å². The van der Waals surface area contributed by atoms with E-state index in [1.54, 1.807) is 24.3 Å². The lowest BCUT2D eigenvalue weighted by molar-refractivity contribution is -0.127. The van der Waals surface area contributed by atoms with Gasteiger partial charge in [0.05, 0.1) is 18.2 Å². The molecule has 4 amide bonds. The summed E-state index contributed by atoms with van der Waals surface area (Å²) in [5.41, 5.74) is 2.20. The Balaban J connectivity index is 1.76. The van der Waals surface area contributed by atoms with Crippen LogP contribution in [-0.4, -0.2) is 42.5 Å². The molecule has 0 unspecified atom stereocenters. The normalized spacial score (nSPS) is 14.5. The second kappa shape index (κ2) is 10.2. The number of anilines is 1. The van der Waals surface area contributed by atoms with Gasteiger partial charge in [-0.1, -0.05) is 29.3 Å². The van der Waals surface area contributed by atoms with E-state index >= 15 is 0 Å². The third kappa shape index (κ3) is 5.39. The zero-order chi connectivity index (χ0) is 23.3. The molecule has 2 aromatic rings. The molecule has 8 nitrogen and oxygen atoms in total. The average molecular weight is 458 g/mol. The summed E-state index contributed by atoms with van der Waals surface area (Å²) in [5.74, 6) is -0.257. The number of ether oxygens (including phenoxy) is 2. The van der Waals surface area contributed by atoms with Crippen molar-refractivity contribution in [3.63, 3.8) is 0 Å². The highest BCUT2D eigenvalue weighted by Gasteiger charge is 2.35. The summed E-state index contributed by atoms with van der Waals surface area (Å²) in [4.78, 5) is 38.2. The van der Waals surface area contributed by atoms with Crippen LogP contribution in [0.5, 0.6) is 11.5 Å². The van der Waals surface area contributed by atoms with Crippen molar-refractivity contribution in [2.75, 3.05) is 25.1 Å². The van der Waals surface area contributed by atoms with E-state index in [9.17, 15) is 14.4 Å². The molecule has 1 heterocycles.